The average Bonchev–Trinajstić information content (AvgIpc) is 2.43. The molecule has 0 aromatic heterocycles. The summed E-state index contributed by atoms with van der Waals surface area (Å²) in [5, 5.41) is 9.17. The minimum Gasteiger partial charge on any atom is -0.508 e. The monoisotopic (exact) mass is 309 g/mol. The third-order valence-corrected chi connectivity index (χ3v) is 4.68. The summed E-state index contributed by atoms with van der Waals surface area (Å²) in [6, 6.07) is 10.2. The highest BCUT2D eigenvalue weighted by molar-refractivity contribution is 7.89. The first-order valence-corrected chi connectivity index (χ1v) is 7.90. The van der Waals surface area contributed by atoms with Crippen molar-refractivity contribution in [1.82, 2.24) is 4.72 Å². The third-order valence-electron chi connectivity index (χ3n) is 3.08. The standard InChI is InChI=1S/C15H16FNO3S/c1-11-2-5-13(16)10-15(11)21(19,20)17-9-8-12-3-6-14(18)7-4-12/h2-7,10,17-18H,8-9H2,1H3. The normalized spacial score (nSPS) is 11.5. The maximum absolute atomic E-state index is 13.2. The van der Waals surface area contributed by atoms with Crippen LogP contribution >= 0.6 is 0 Å². The first kappa shape index (κ1) is 15.5. The van der Waals surface area contributed by atoms with Gasteiger partial charge in [0.25, 0.3) is 0 Å². The number of benzene rings is 2. The molecule has 6 heteroatoms. The maximum Gasteiger partial charge on any atom is 0.240 e. The largest absolute Gasteiger partial charge is 0.508 e. The van der Waals surface area contributed by atoms with Crippen molar-refractivity contribution in [2.75, 3.05) is 6.54 Å². The van der Waals surface area contributed by atoms with Gasteiger partial charge in [0, 0.05) is 6.54 Å². The van der Waals surface area contributed by atoms with Crippen molar-refractivity contribution in [2.24, 2.45) is 0 Å². The molecule has 0 amide bonds. The van der Waals surface area contributed by atoms with E-state index < -0.39 is 15.8 Å². The molecule has 0 saturated heterocycles. The fraction of sp³-hybridized carbons (Fsp3) is 0.200. The Morgan fingerprint density at radius 2 is 1.81 bits per heavy atom. The first-order chi connectivity index (χ1) is 9.88. The average molecular weight is 309 g/mol. The highest BCUT2D eigenvalue weighted by Gasteiger charge is 2.16. The van der Waals surface area contributed by atoms with Gasteiger partial charge in [-0.25, -0.2) is 17.5 Å². The van der Waals surface area contributed by atoms with Crippen LogP contribution in [0.3, 0.4) is 0 Å². The molecule has 0 aliphatic carbocycles. The van der Waals surface area contributed by atoms with Crippen molar-refractivity contribution in [3.63, 3.8) is 0 Å². The lowest BCUT2D eigenvalue weighted by molar-refractivity contribution is 0.475. The number of nitrogens with one attached hydrogen (secondary N) is 1. The summed E-state index contributed by atoms with van der Waals surface area (Å²) in [7, 11) is -3.73. The van der Waals surface area contributed by atoms with E-state index in [9.17, 15) is 12.8 Å². The molecule has 0 aliphatic rings. The third kappa shape index (κ3) is 4.03. The smallest absolute Gasteiger partial charge is 0.240 e. The van der Waals surface area contributed by atoms with E-state index in [2.05, 4.69) is 4.72 Å². The Labute approximate surface area is 123 Å². The molecule has 0 unspecified atom stereocenters. The maximum atomic E-state index is 13.2. The zero-order valence-corrected chi connectivity index (χ0v) is 12.3. The molecule has 0 bridgehead atoms. The van der Waals surface area contributed by atoms with E-state index in [1.54, 1.807) is 31.2 Å². The van der Waals surface area contributed by atoms with E-state index in [0.29, 0.717) is 12.0 Å². The van der Waals surface area contributed by atoms with Crippen LogP contribution in [-0.2, 0) is 16.4 Å². The summed E-state index contributed by atoms with van der Waals surface area (Å²) in [5.41, 5.74) is 1.39. The predicted octanol–water partition coefficient (Wildman–Crippen LogP) is 2.36. The second-order valence-electron chi connectivity index (χ2n) is 4.72. The Kier molecular flexibility index (Phi) is 4.59. The van der Waals surface area contributed by atoms with Gasteiger partial charge in [-0.1, -0.05) is 18.2 Å². The zero-order valence-electron chi connectivity index (χ0n) is 11.5. The van der Waals surface area contributed by atoms with Gasteiger partial charge in [-0.3, -0.25) is 0 Å². The summed E-state index contributed by atoms with van der Waals surface area (Å²) in [6.45, 7) is 1.82. The van der Waals surface area contributed by atoms with Gasteiger partial charge in [0.2, 0.25) is 10.0 Å². The number of hydrogen-bond acceptors (Lipinski definition) is 3. The van der Waals surface area contributed by atoms with Gasteiger partial charge in [-0.15, -0.1) is 0 Å². The molecule has 4 nitrogen and oxygen atoms in total. The van der Waals surface area contributed by atoms with E-state index in [-0.39, 0.29) is 17.2 Å². The summed E-state index contributed by atoms with van der Waals surface area (Å²) >= 11 is 0. The van der Waals surface area contributed by atoms with Gasteiger partial charge in [0.05, 0.1) is 4.90 Å². The summed E-state index contributed by atoms with van der Waals surface area (Å²) in [6.07, 6.45) is 0.480. The van der Waals surface area contributed by atoms with Gasteiger partial charge in [-0.2, -0.15) is 0 Å². The van der Waals surface area contributed by atoms with Gasteiger partial charge >= 0.3 is 0 Å². The molecule has 2 aromatic rings. The highest BCUT2D eigenvalue weighted by atomic mass is 32.2. The van der Waals surface area contributed by atoms with Crippen LogP contribution in [0.25, 0.3) is 0 Å². The van der Waals surface area contributed by atoms with Crippen LogP contribution in [0.1, 0.15) is 11.1 Å². The van der Waals surface area contributed by atoms with Crippen LogP contribution in [0.4, 0.5) is 4.39 Å². The summed E-state index contributed by atoms with van der Waals surface area (Å²) in [4.78, 5) is -0.0480. The predicted molar refractivity (Wildman–Crippen MR) is 78.1 cm³/mol. The Morgan fingerprint density at radius 1 is 1.14 bits per heavy atom. The van der Waals surface area contributed by atoms with Crippen molar-refractivity contribution in [1.29, 1.82) is 0 Å². The minimum absolute atomic E-state index is 0.0480. The van der Waals surface area contributed by atoms with E-state index in [0.717, 1.165) is 11.6 Å². The Hall–Kier alpha value is -1.92. The van der Waals surface area contributed by atoms with Crippen LogP contribution in [0.2, 0.25) is 0 Å². The topological polar surface area (TPSA) is 66.4 Å². The van der Waals surface area contributed by atoms with Gasteiger partial charge in [0.1, 0.15) is 11.6 Å². The minimum atomic E-state index is -3.73. The van der Waals surface area contributed by atoms with Crippen molar-refractivity contribution < 1.29 is 17.9 Å². The number of sulfonamides is 1. The molecule has 21 heavy (non-hydrogen) atoms. The van der Waals surface area contributed by atoms with Crippen LogP contribution in [-0.4, -0.2) is 20.1 Å². The number of aryl methyl sites for hydroxylation is 1. The Balaban J connectivity index is 2.04. The van der Waals surface area contributed by atoms with Gasteiger partial charge in [0.15, 0.2) is 0 Å². The van der Waals surface area contributed by atoms with Crippen LogP contribution in [0.5, 0.6) is 5.75 Å². The molecule has 0 radical (unpaired) electrons. The second kappa shape index (κ2) is 6.24. The lowest BCUT2D eigenvalue weighted by Crippen LogP contribution is -2.26. The zero-order chi connectivity index (χ0) is 15.5. The lowest BCUT2D eigenvalue weighted by atomic mass is 10.1. The first-order valence-electron chi connectivity index (χ1n) is 6.42. The SMILES string of the molecule is Cc1ccc(F)cc1S(=O)(=O)NCCc1ccc(O)cc1. The van der Waals surface area contributed by atoms with Crippen LogP contribution < -0.4 is 4.72 Å². The van der Waals surface area contributed by atoms with Crippen LogP contribution in [0.15, 0.2) is 47.4 Å². The quantitative estimate of drug-likeness (QED) is 0.891. The molecule has 2 aromatic carbocycles. The summed E-state index contributed by atoms with van der Waals surface area (Å²) < 4.78 is 39.9. The molecule has 2 rings (SSSR count). The van der Waals surface area contributed by atoms with E-state index in [4.69, 9.17) is 5.11 Å². The molecule has 0 atom stereocenters. The number of aromatic hydroxyl groups is 1. The van der Waals surface area contributed by atoms with Crippen molar-refractivity contribution in [3.05, 3.63) is 59.4 Å². The van der Waals surface area contributed by atoms with Crippen molar-refractivity contribution in [3.8, 4) is 5.75 Å². The fourth-order valence-electron chi connectivity index (χ4n) is 1.93. The number of halogens is 1. The van der Waals surface area contributed by atoms with Crippen molar-refractivity contribution in [2.45, 2.75) is 18.2 Å². The molecule has 112 valence electrons. The number of hydrogen-bond donors (Lipinski definition) is 2. The molecular formula is C15H16FNO3S. The lowest BCUT2D eigenvalue weighted by Gasteiger charge is -2.09. The molecule has 0 heterocycles. The molecule has 0 fully saturated rings. The molecule has 0 spiro atoms. The van der Waals surface area contributed by atoms with Gasteiger partial charge in [-0.05, 0) is 48.7 Å². The van der Waals surface area contributed by atoms with Gasteiger partial charge < -0.3 is 5.11 Å². The van der Waals surface area contributed by atoms with Crippen LogP contribution in [0, 0.1) is 12.7 Å². The van der Waals surface area contributed by atoms with E-state index in [1.807, 2.05) is 0 Å². The number of phenolic OH excluding ortho intramolecular Hbond substituents is 1. The second-order valence-corrected chi connectivity index (χ2v) is 6.46. The molecule has 0 saturated carbocycles. The molecule has 0 aliphatic heterocycles. The Bertz CT molecular complexity index is 727. The highest BCUT2D eigenvalue weighted by Crippen LogP contribution is 2.16. The Morgan fingerprint density at radius 3 is 2.48 bits per heavy atom. The fourth-order valence-corrected chi connectivity index (χ4v) is 3.22. The summed E-state index contributed by atoms with van der Waals surface area (Å²) in [5.74, 6) is -0.422. The molecule has 2 N–H and O–H groups in total. The van der Waals surface area contributed by atoms with E-state index >= 15 is 0 Å². The van der Waals surface area contributed by atoms with Crippen molar-refractivity contribution >= 4 is 10.0 Å². The van der Waals surface area contributed by atoms with E-state index in [1.165, 1.54) is 12.1 Å². The molecular weight excluding hydrogens is 293 g/mol. The number of rotatable bonds is 5. The number of phenols is 1.